The van der Waals surface area contributed by atoms with Gasteiger partial charge in [0.25, 0.3) is 11.4 Å². The average Bonchev–Trinajstić information content (AvgIpc) is 1.49. The zero-order chi connectivity index (χ0) is 75.1. The summed E-state index contributed by atoms with van der Waals surface area (Å²) >= 11 is 33.4. The Kier molecular flexibility index (Phi) is 21.9. The summed E-state index contributed by atoms with van der Waals surface area (Å²) in [4.78, 5) is 41.0. The monoisotopic (exact) mass is 1560 g/mol. The van der Waals surface area contributed by atoms with E-state index in [4.69, 9.17) is 59.5 Å². The number of nitriles is 2. The zero-order valence-electron chi connectivity index (χ0n) is 60.9. The van der Waals surface area contributed by atoms with Crippen LogP contribution in [-0.4, -0.2) is 11.6 Å². The summed E-state index contributed by atoms with van der Waals surface area (Å²) in [6, 6.07) is 58.0. The van der Waals surface area contributed by atoms with Gasteiger partial charge in [-0.25, -0.2) is 20.2 Å². The summed E-state index contributed by atoms with van der Waals surface area (Å²) in [6.45, 7) is 25.4. The van der Waals surface area contributed by atoms with Gasteiger partial charge in [0.2, 0.25) is 0 Å². The molecule has 14 heteroatoms. The molecule has 4 aliphatic carbocycles. The van der Waals surface area contributed by atoms with Gasteiger partial charge in [0, 0.05) is 73.5 Å². The topological polar surface area (TPSA) is 90.4 Å². The molecule has 4 aliphatic rings. The minimum Gasteiger partial charge on any atom is -0.289 e. The van der Waals surface area contributed by atoms with Gasteiger partial charge >= 0.3 is 0 Å². The molecule has 4 aromatic heterocycles. The Morgan fingerprint density at radius 2 is 0.694 bits per heavy atom. The average molecular weight is 1570 g/mol. The largest absolute Gasteiger partial charge is 0.289 e. The standard InChI is InChI=1S/C94H78Cl4N4O2S4/c1-7-11-15-19-23-55-27-35-59(36-28-55)93(60-37-29-56(30-38-60)24-20-16-12-8-2)73-47-70-74(48-69(73)89-85(93)91-81(107-89)45-63(105-91)43-71-83(79(53-99)101-5)65-49-75(95)77(97)51-67(65)87(71)103)94(61-39-31-57(32-40-61)25-21-17-13-9-3,62-41-33-58(34-42-62)26-22-18-14-10-4)86-90(70)108-82-46-64(106-92(82)86)44-72-84(80(54-100)102-6)66-50-76(96)78(98)52-68(66)88(72)104/h27-52H,7-26H2,1-4H3/b71-43-,72-44-,83-79+,84-80?. The van der Waals surface area contributed by atoms with Crippen molar-refractivity contribution in [2.75, 3.05) is 0 Å². The number of thiophene rings is 4. The van der Waals surface area contributed by atoms with Crippen LogP contribution in [0.5, 0.6) is 0 Å². The minimum absolute atomic E-state index is 0.196. The van der Waals surface area contributed by atoms with Crippen molar-refractivity contribution >= 4 is 145 Å². The van der Waals surface area contributed by atoms with E-state index < -0.39 is 10.8 Å². The van der Waals surface area contributed by atoms with Crippen molar-refractivity contribution in [3.05, 3.63) is 310 Å². The van der Waals surface area contributed by atoms with E-state index in [0.717, 1.165) is 139 Å². The van der Waals surface area contributed by atoms with E-state index in [2.05, 4.69) is 171 Å². The van der Waals surface area contributed by atoms with E-state index >= 15 is 0 Å². The summed E-state index contributed by atoms with van der Waals surface area (Å²) in [7, 11) is 0. The van der Waals surface area contributed by atoms with E-state index in [0.29, 0.717) is 22.3 Å². The van der Waals surface area contributed by atoms with E-state index in [1.54, 1.807) is 69.6 Å². The molecule has 6 nitrogen and oxygen atoms in total. The third kappa shape index (κ3) is 13.0. The molecule has 0 radical (unpaired) electrons. The summed E-state index contributed by atoms with van der Waals surface area (Å²) in [5.74, 6) is -0.650. The highest BCUT2D eigenvalue weighted by molar-refractivity contribution is 7.31. The van der Waals surface area contributed by atoms with Crippen molar-refractivity contribution in [1.82, 2.24) is 0 Å². The highest BCUT2D eigenvalue weighted by atomic mass is 35.5. The summed E-state index contributed by atoms with van der Waals surface area (Å²) in [6.07, 6.45) is 26.2. The van der Waals surface area contributed by atoms with E-state index in [1.165, 1.54) is 106 Å². The third-order valence-electron chi connectivity index (χ3n) is 22.5. The molecule has 0 bridgehead atoms. The summed E-state index contributed by atoms with van der Waals surface area (Å²) < 4.78 is 4.30. The first kappa shape index (κ1) is 74.7. The quantitative estimate of drug-likeness (QED) is 0.0234. The fraction of sp³-hybridized carbons (Fsp3) is 0.277. The number of carbonyl (C=O) groups excluding carboxylic acids is 2. The highest BCUT2D eigenvalue weighted by Crippen LogP contribution is 2.68. The number of halogens is 4. The van der Waals surface area contributed by atoms with Crippen molar-refractivity contribution in [2.24, 2.45) is 0 Å². The number of carbonyl (C=O) groups is 2. The molecule has 4 heterocycles. The van der Waals surface area contributed by atoms with Crippen molar-refractivity contribution < 1.29 is 9.59 Å². The Labute approximate surface area is 669 Å². The fourth-order valence-corrected chi connectivity index (χ4v) is 23.3. The number of fused-ring (bicyclic) bond motifs is 12. The number of hydrogen-bond donors (Lipinski definition) is 0. The lowest BCUT2D eigenvalue weighted by atomic mass is 9.65. The van der Waals surface area contributed by atoms with Crippen LogP contribution in [0.2, 0.25) is 20.1 Å². The number of Topliss-reactive ketones (excluding diaryl/α,β-unsaturated/α-hetero) is 2. The second-order valence-electron chi connectivity index (χ2n) is 29.1. The maximum Gasteiger partial charge on any atom is 0.270 e. The summed E-state index contributed by atoms with van der Waals surface area (Å²) in [5, 5.41) is 21.9. The van der Waals surface area contributed by atoms with Gasteiger partial charge in [-0.1, -0.05) is 248 Å². The molecular weight excluding hydrogens is 1490 g/mol. The van der Waals surface area contributed by atoms with Crippen LogP contribution in [0, 0.1) is 35.8 Å². The zero-order valence-corrected chi connectivity index (χ0v) is 67.2. The Bertz CT molecular complexity index is 5270. The molecule has 0 atom stereocenters. The van der Waals surface area contributed by atoms with Crippen LogP contribution in [-0.2, 0) is 36.5 Å². The molecule has 0 N–H and O–H groups in total. The molecule has 0 saturated heterocycles. The van der Waals surface area contributed by atoms with E-state index in [-0.39, 0.29) is 65.3 Å². The normalized spacial score (nSPS) is 15.8. The molecule has 0 aliphatic heterocycles. The van der Waals surface area contributed by atoms with Crippen LogP contribution in [0.1, 0.15) is 239 Å². The van der Waals surface area contributed by atoms with Crippen molar-refractivity contribution in [3.63, 3.8) is 0 Å². The van der Waals surface area contributed by atoms with Crippen LogP contribution in [0.3, 0.4) is 0 Å². The van der Waals surface area contributed by atoms with Gasteiger partial charge in [0.1, 0.15) is 0 Å². The molecular formula is C94H78Cl4N4O2S4. The van der Waals surface area contributed by atoms with Gasteiger partial charge in [-0.05, 0) is 190 Å². The number of benzene rings is 7. The smallest absolute Gasteiger partial charge is 0.270 e. The number of allylic oxidation sites excluding steroid dienone is 6. The van der Waals surface area contributed by atoms with Gasteiger partial charge in [0.15, 0.2) is 11.6 Å². The number of unbranched alkanes of at least 4 members (excludes halogenated alkanes) is 12. The van der Waals surface area contributed by atoms with Crippen LogP contribution in [0.25, 0.3) is 72.7 Å². The molecule has 0 fully saturated rings. The molecule has 0 unspecified atom stereocenters. The number of hydrogen-bond acceptors (Lipinski definition) is 8. The first-order valence-electron chi connectivity index (χ1n) is 37.9. The van der Waals surface area contributed by atoms with Crippen LogP contribution in [0.15, 0.2) is 168 Å². The van der Waals surface area contributed by atoms with Gasteiger partial charge < -0.3 is 0 Å². The number of aryl methyl sites for hydroxylation is 4. The molecule has 15 rings (SSSR count). The SMILES string of the molecule is [C-]#[N+]C(C#N)=C1/C(=C/c2cc3sc4c(c3s2)C(c2ccc(CCCCCC)cc2)(c2ccc(CCCCCC)cc2)c2cc3c(cc2-4)C(c2ccc(CCCCCC)cc2)(c2ccc(CCCCCC)cc2)c2c-3sc3cc(/C=C4\C(=O)c5cc(Cl)c(Cl)cc5\C4=C(\C#N)[N+]#[C-])sc23)C(=O)c2cc(Cl)c(Cl)cc21. The van der Waals surface area contributed by atoms with Crippen molar-refractivity contribution in [2.45, 2.75) is 167 Å². The predicted molar refractivity (Wildman–Crippen MR) is 455 cm³/mol. The van der Waals surface area contributed by atoms with E-state index in [9.17, 15) is 20.1 Å². The highest BCUT2D eigenvalue weighted by Gasteiger charge is 2.55. The maximum absolute atomic E-state index is 14.8. The second kappa shape index (κ2) is 31.7. The molecule has 7 aromatic carbocycles. The molecule has 0 amide bonds. The van der Waals surface area contributed by atoms with Crippen molar-refractivity contribution in [3.8, 4) is 33.0 Å². The number of nitrogens with zero attached hydrogens (tertiary/aromatic N) is 4. The van der Waals surface area contributed by atoms with Crippen LogP contribution < -0.4 is 0 Å². The Hall–Kier alpha value is -8.72. The molecule has 108 heavy (non-hydrogen) atoms. The number of rotatable bonds is 26. The molecule has 0 spiro atoms. The van der Waals surface area contributed by atoms with Gasteiger partial charge in [-0.3, -0.25) is 9.59 Å². The van der Waals surface area contributed by atoms with Crippen LogP contribution in [0.4, 0.5) is 0 Å². The Morgan fingerprint density at radius 1 is 0.398 bits per heavy atom. The summed E-state index contributed by atoms with van der Waals surface area (Å²) in [5.41, 5.74) is 17.1. The predicted octanol–water partition coefficient (Wildman–Crippen LogP) is 28.9. The minimum atomic E-state index is -0.887. The second-order valence-corrected chi connectivity index (χ2v) is 35.0. The lowest BCUT2D eigenvalue weighted by Crippen LogP contribution is -2.30. The molecule has 0 saturated carbocycles. The Balaban J connectivity index is 1.01. The maximum atomic E-state index is 14.8. The first-order chi connectivity index (χ1) is 52.7. The van der Waals surface area contributed by atoms with Gasteiger partial charge in [-0.2, -0.15) is 0 Å². The third-order valence-corrected chi connectivity index (χ3v) is 28.7. The van der Waals surface area contributed by atoms with Gasteiger partial charge in [0.05, 0.1) is 65.6 Å². The molecule has 11 aromatic rings. The molecule has 538 valence electrons. The Morgan fingerprint density at radius 3 is 0.972 bits per heavy atom. The van der Waals surface area contributed by atoms with Gasteiger partial charge in [-0.15, -0.1) is 45.3 Å². The van der Waals surface area contributed by atoms with Crippen molar-refractivity contribution in [1.29, 1.82) is 10.5 Å². The number of ketones is 2. The van der Waals surface area contributed by atoms with Crippen LogP contribution >= 0.6 is 91.8 Å². The lowest BCUT2D eigenvalue weighted by molar-refractivity contribution is 0.103. The van der Waals surface area contributed by atoms with E-state index in [1.807, 2.05) is 12.2 Å². The lowest BCUT2D eigenvalue weighted by Gasteiger charge is -2.36. The first-order valence-corrected chi connectivity index (χ1v) is 42.7. The fourth-order valence-electron chi connectivity index (χ4n) is 17.2.